The summed E-state index contributed by atoms with van der Waals surface area (Å²) in [6.07, 6.45) is 3.09. The van der Waals surface area contributed by atoms with E-state index in [1.165, 1.54) is 19.1 Å². The summed E-state index contributed by atoms with van der Waals surface area (Å²) in [4.78, 5) is 35.3. The maximum atomic E-state index is 12.3. The van der Waals surface area contributed by atoms with Crippen LogP contribution in [0.5, 0.6) is 0 Å². The van der Waals surface area contributed by atoms with Crippen molar-refractivity contribution in [1.82, 2.24) is 5.32 Å². The molecule has 1 N–H and O–H groups in total. The van der Waals surface area contributed by atoms with Crippen molar-refractivity contribution in [2.45, 2.75) is 70.9 Å². The maximum absolute atomic E-state index is 12.3. The molecule has 0 heterocycles. The van der Waals surface area contributed by atoms with Gasteiger partial charge in [-0.2, -0.15) is 0 Å². The molecule has 0 aromatic heterocycles. The SMILES string of the molecule is C[C@@H](OC(=O)c1ccc(C(C)(C)C)c([N+](=O)[O-])c1)C(=O)NC1CCCC1. The lowest BCUT2D eigenvalue weighted by atomic mass is 9.85. The van der Waals surface area contributed by atoms with Crippen molar-refractivity contribution >= 4 is 17.6 Å². The molecule has 2 rings (SSSR count). The van der Waals surface area contributed by atoms with Crippen LogP contribution in [-0.4, -0.2) is 28.9 Å². The molecule has 1 aliphatic rings. The van der Waals surface area contributed by atoms with Crippen molar-refractivity contribution in [2.24, 2.45) is 0 Å². The predicted molar refractivity (Wildman–Crippen MR) is 97.1 cm³/mol. The molecular formula is C19H26N2O5. The first-order chi connectivity index (χ1) is 12.1. The van der Waals surface area contributed by atoms with Gasteiger partial charge < -0.3 is 10.1 Å². The minimum Gasteiger partial charge on any atom is -0.449 e. The summed E-state index contributed by atoms with van der Waals surface area (Å²) >= 11 is 0. The van der Waals surface area contributed by atoms with Crippen LogP contribution >= 0.6 is 0 Å². The minimum absolute atomic E-state index is 0.0604. The van der Waals surface area contributed by atoms with Gasteiger partial charge in [0.05, 0.1) is 10.5 Å². The van der Waals surface area contributed by atoms with E-state index < -0.39 is 22.4 Å². The first-order valence-corrected chi connectivity index (χ1v) is 8.90. The van der Waals surface area contributed by atoms with Gasteiger partial charge in [-0.25, -0.2) is 4.79 Å². The molecule has 1 amide bonds. The quantitative estimate of drug-likeness (QED) is 0.491. The average Bonchev–Trinajstić information content (AvgIpc) is 3.06. The molecule has 0 aliphatic heterocycles. The van der Waals surface area contributed by atoms with E-state index in [1.54, 1.807) is 6.07 Å². The van der Waals surface area contributed by atoms with Crippen LogP contribution in [0.2, 0.25) is 0 Å². The molecule has 1 aromatic carbocycles. The Bertz CT molecular complexity index is 702. The van der Waals surface area contributed by atoms with E-state index in [4.69, 9.17) is 4.74 Å². The molecule has 142 valence electrons. The molecule has 7 heteroatoms. The average molecular weight is 362 g/mol. The van der Waals surface area contributed by atoms with Gasteiger partial charge in [0.2, 0.25) is 0 Å². The maximum Gasteiger partial charge on any atom is 0.339 e. The molecule has 7 nitrogen and oxygen atoms in total. The van der Waals surface area contributed by atoms with Crippen molar-refractivity contribution in [1.29, 1.82) is 0 Å². The van der Waals surface area contributed by atoms with Gasteiger partial charge in [0.15, 0.2) is 6.10 Å². The summed E-state index contributed by atoms with van der Waals surface area (Å²) in [7, 11) is 0. The fourth-order valence-corrected chi connectivity index (χ4v) is 3.11. The van der Waals surface area contributed by atoms with Gasteiger partial charge in [0.25, 0.3) is 11.6 Å². The van der Waals surface area contributed by atoms with Crippen molar-refractivity contribution < 1.29 is 19.2 Å². The largest absolute Gasteiger partial charge is 0.449 e. The van der Waals surface area contributed by atoms with Gasteiger partial charge in [-0.05, 0) is 31.2 Å². The van der Waals surface area contributed by atoms with Crippen molar-refractivity contribution in [3.8, 4) is 0 Å². The summed E-state index contributed by atoms with van der Waals surface area (Å²) in [5, 5.41) is 14.2. The highest BCUT2D eigenvalue weighted by atomic mass is 16.6. The third kappa shape index (κ3) is 4.80. The highest BCUT2D eigenvalue weighted by Crippen LogP contribution is 2.32. The first kappa shape index (κ1) is 19.9. The van der Waals surface area contributed by atoms with Crippen LogP contribution in [-0.2, 0) is 14.9 Å². The van der Waals surface area contributed by atoms with Crippen LogP contribution in [0, 0.1) is 10.1 Å². The Morgan fingerprint density at radius 2 is 1.88 bits per heavy atom. The van der Waals surface area contributed by atoms with Crippen LogP contribution in [0.3, 0.4) is 0 Å². The molecule has 0 unspecified atom stereocenters. The third-order valence-corrected chi connectivity index (χ3v) is 4.59. The summed E-state index contributed by atoms with van der Waals surface area (Å²) < 4.78 is 5.20. The molecule has 0 radical (unpaired) electrons. The van der Waals surface area contributed by atoms with E-state index >= 15 is 0 Å². The molecule has 0 spiro atoms. The number of amides is 1. The van der Waals surface area contributed by atoms with Crippen LogP contribution in [0.25, 0.3) is 0 Å². The number of nitro benzene ring substituents is 1. The second-order valence-electron chi connectivity index (χ2n) is 7.78. The molecule has 1 atom stereocenters. The predicted octanol–water partition coefficient (Wildman–Crippen LogP) is 3.50. The second-order valence-corrected chi connectivity index (χ2v) is 7.78. The lowest BCUT2D eigenvalue weighted by Crippen LogP contribution is -2.40. The first-order valence-electron chi connectivity index (χ1n) is 8.90. The molecule has 1 aromatic rings. The summed E-state index contributed by atoms with van der Waals surface area (Å²) in [6.45, 7) is 7.09. The number of rotatable bonds is 5. The zero-order valence-corrected chi connectivity index (χ0v) is 15.7. The van der Waals surface area contributed by atoms with E-state index in [0.29, 0.717) is 5.56 Å². The zero-order chi connectivity index (χ0) is 19.5. The van der Waals surface area contributed by atoms with Crippen LogP contribution < -0.4 is 5.32 Å². The van der Waals surface area contributed by atoms with E-state index in [2.05, 4.69) is 5.32 Å². The van der Waals surface area contributed by atoms with Gasteiger partial charge in [0.1, 0.15) is 0 Å². The molecule has 0 saturated heterocycles. The zero-order valence-electron chi connectivity index (χ0n) is 15.7. The molecule has 1 fully saturated rings. The van der Waals surface area contributed by atoms with Crippen molar-refractivity contribution in [3.05, 3.63) is 39.4 Å². The number of carbonyl (C=O) groups is 2. The summed E-state index contributed by atoms with van der Waals surface area (Å²) in [5.74, 6) is -1.09. The van der Waals surface area contributed by atoms with Crippen molar-refractivity contribution in [3.63, 3.8) is 0 Å². The standard InChI is InChI=1S/C19H26N2O5/c1-12(17(22)20-14-7-5-6-8-14)26-18(23)13-9-10-15(19(2,3)4)16(11-13)21(24)25/h9-12,14H,5-8H2,1-4H3,(H,20,22)/t12-/m1/s1. The highest BCUT2D eigenvalue weighted by Gasteiger charge is 2.28. The molecule has 26 heavy (non-hydrogen) atoms. The smallest absolute Gasteiger partial charge is 0.339 e. The Morgan fingerprint density at radius 3 is 2.42 bits per heavy atom. The summed E-state index contributed by atoms with van der Waals surface area (Å²) in [5.41, 5.74) is 0.0329. The van der Waals surface area contributed by atoms with Gasteiger partial charge in [-0.1, -0.05) is 39.7 Å². The fraction of sp³-hybridized carbons (Fsp3) is 0.579. The summed E-state index contributed by atoms with van der Waals surface area (Å²) in [6, 6.07) is 4.41. The number of nitrogens with zero attached hydrogens (tertiary/aromatic N) is 1. The van der Waals surface area contributed by atoms with E-state index in [0.717, 1.165) is 25.7 Å². The Kier molecular flexibility index (Phi) is 6.00. The number of esters is 1. The molecule has 1 saturated carbocycles. The number of hydrogen-bond donors (Lipinski definition) is 1. The van der Waals surface area contributed by atoms with Crippen LogP contribution in [0.15, 0.2) is 18.2 Å². The lowest BCUT2D eigenvalue weighted by molar-refractivity contribution is -0.386. The topological polar surface area (TPSA) is 98.5 Å². The number of nitrogens with one attached hydrogen (secondary N) is 1. The van der Waals surface area contributed by atoms with Gasteiger partial charge in [-0.3, -0.25) is 14.9 Å². The highest BCUT2D eigenvalue weighted by molar-refractivity contribution is 5.93. The normalized spacial score (nSPS) is 16.2. The number of hydrogen-bond acceptors (Lipinski definition) is 5. The number of carbonyl (C=O) groups excluding carboxylic acids is 2. The van der Waals surface area contributed by atoms with Gasteiger partial charge in [0, 0.05) is 17.7 Å². The number of nitro groups is 1. The number of benzene rings is 1. The third-order valence-electron chi connectivity index (χ3n) is 4.59. The molecular weight excluding hydrogens is 336 g/mol. The fourth-order valence-electron chi connectivity index (χ4n) is 3.11. The monoisotopic (exact) mass is 362 g/mol. The number of ether oxygens (including phenoxy) is 1. The van der Waals surface area contributed by atoms with Crippen LogP contribution in [0.4, 0.5) is 5.69 Å². The van der Waals surface area contributed by atoms with E-state index in [-0.39, 0.29) is 23.2 Å². The van der Waals surface area contributed by atoms with E-state index in [9.17, 15) is 19.7 Å². The van der Waals surface area contributed by atoms with Crippen molar-refractivity contribution in [2.75, 3.05) is 0 Å². The van der Waals surface area contributed by atoms with Gasteiger partial charge >= 0.3 is 5.97 Å². The Hall–Kier alpha value is -2.44. The molecule has 1 aliphatic carbocycles. The second kappa shape index (κ2) is 7.85. The minimum atomic E-state index is -0.954. The lowest BCUT2D eigenvalue weighted by Gasteiger charge is -2.20. The van der Waals surface area contributed by atoms with Gasteiger partial charge in [-0.15, -0.1) is 0 Å². The Morgan fingerprint density at radius 1 is 1.27 bits per heavy atom. The Labute approximate surface area is 153 Å². The van der Waals surface area contributed by atoms with E-state index in [1.807, 2.05) is 20.8 Å². The molecule has 0 bridgehead atoms. The Balaban J connectivity index is 2.10. The van der Waals surface area contributed by atoms with Crippen LogP contribution in [0.1, 0.15) is 69.3 Å².